The van der Waals surface area contributed by atoms with E-state index in [-0.39, 0.29) is 5.78 Å². The Morgan fingerprint density at radius 3 is 2.58 bits per heavy atom. The summed E-state index contributed by atoms with van der Waals surface area (Å²) in [5, 5.41) is 0. The van der Waals surface area contributed by atoms with E-state index in [1.807, 2.05) is 31.5 Å². The molecule has 0 N–H and O–H groups in total. The number of carbonyl (C=O) groups is 1. The Morgan fingerprint density at radius 2 is 2.25 bits per heavy atom. The first kappa shape index (κ1) is 9.52. The SMILES string of the molecule is CCC(=O)c1cc(Br)c(C)n1C. The fourth-order valence-corrected chi connectivity index (χ4v) is 1.59. The smallest absolute Gasteiger partial charge is 0.178 e. The first-order valence-corrected chi connectivity index (χ1v) is 4.72. The van der Waals surface area contributed by atoms with Crippen LogP contribution in [0, 0.1) is 6.92 Å². The highest BCUT2D eigenvalue weighted by Gasteiger charge is 2.11. The highest BCUT2D eigenvalue weighted by molar-refractivity contribution is 9.10. The summed E-state index contributed by atoms with van der Waals surface area (Å²) in [7, 11) is 1.91. The molecule has 0 aromatic carbocycles. The summed E-state index contributed by atoms with van der Waals surface area (Å²) >= 11 is 3.39. The van der Waals surface area contributed by atoms with Crippen molar-refractivity contribution < 1.29 is 4.79 Å². The first-order chi connectivity index (χ1) is 5.57. The summed E-state index contributed by atoms with van der Waals surface area (Å²) in [6.45, 7) is 3.86. The van der Waals surface area contributed by atoms with Gasteiger partial charge in [0.15, 0.2) is 5.78 Å². The van der Waals surface area contributed by atoms with Crippen LogP contribution in [-0.4, -0.2) is 10.4 Å². The maximum atomic E-state index is 11.4. The number of nitrogens with zero attached hydrogens (tertiary/aromatic N) is 1. The summed E-state index contributed by atoms with van der Waals surface area (Å²) < 4.78 is 2.91. The van der Waals surface area contributed by atoms with Gasteiger partial charge in [0.25, 0.3) is 0 Å². The van der Waals surface area contributed by atoms with Crippen LogP contribution in [0.25, 0.3) is 0 Å². The molecule has 0 unspecified atom stereocenters. The minimum atomic E-state index is 0.186. The molecular weight excluding hydrogens is 218 g/mol. The molecule has 2 nitrogen and oxygen atoms in total. The molecule has 12 heavy (non-hydrogen) atoms. The molecule has 0 amide bonds. The zero-order chi connectivity index (χ0) is 9.30. The molecule has 0 aliphatic heterocycles. The Hall–Kier alpha value is -0.570. The maximum Gasteiger partial charge on any atom is 0.178 e. The zero-order valence-electron chi connectivity index (χ0n) is 7.52. The second-order valence-electron chi connectivity index (χ2n) is 2.80. The van der Waals surface area contributed by atoms with Crippen LogP contribution in [0.3, 0.4) is 0 Å². The Kier molecular flexibility index (Phi) is 2.73. The van der Waals surface area contributed by atoms with Crippen LogP contribution in [0.4, 0.5) is 0 Å². The Bertz CT molecular complexity index is 315. The van der Waals surface area contributed by atoms with E-state index >= 15 is 0 Å². The highest BCUT2D eigenvalue weighted by Crippen LogP contribution is 2.20. The van der Waals surface area contributed by atoms with Crippen molar-refractivity contribution in [2.75, 3.05) is 0 Å². The third kappa shape index (κ3) is 1.46. The van der Waals surface area contributed by atoms with Crippen LogP contribution in [0.2, 0.25) is 0 Å². The van der Waals surface area contributed by atoms with Crippen molar-refractivity contribution in [2.24, 2.45) is 7.05 Å². The van der Waals surface area contributed by atoms with Crippen molar-refractivity contribution in [1.82, 2.24) is 4.57 Å². The van der Waals surface area contributed by atoms with Gasteiger partial charge in [-0.25, -0.2) is 0 Å². The maximum absolute atomic E-state index is 11.4. The number of ketones is 1. The minimum Gasteiger partial charge on any atom is -0.344 e. The molecule has 0 saturated heterocycles. The summed E-state index contributed by atoms with van der Waals surface area (Å²) in [5.74, 6) is 0.186. The van der Waals surface area contributed by atoms with Gasteiger partial charge in [0.2, 0.25) is 0 Å². The summed E-state index contributed by atoms with van der Waals surface area (Å²) in [4.78, 5) is 11.4. The van der Waals surface area contributed by atoms with Crippen molar-refractivity contribution >= 4 is 21.7 Å². The fourth-order valence-electron chi connectivity index (χ4n) is 1.11. The van der Waals surface area contributed by atoms with Crippen molar-refractivity contribution in [3.63, 3.8) is 0 Å². The number of aromatic nitrogens is 1. The lowest BCUT2D eigenvalue weighted by atomic mass is 10.2. The molecule has 0 spiro atoms. The van der Waals surface area contributed by atoms with Gasteiger partial charge in [-0.1, -0.05) is 6.92 Å². The monoisotopic (exact) mass is 229 g/mol. The topological polar surface area (TPSA) is 22.0 Å². The first-order valence-electron chi connectivity index (χ1n) is 3.93. The van der Waals surface area contributed by atoms with E-state index in [2.05, 4.69) is 15.9 Å². The molecule has 1 aromatic rings. The van der Waals surface area contributed by atoms with Crippen LogP contribution in [0.1, 0.15) is 29.5 Å². The van der Waals surface area contributed by atoms with E-state index in [9.17, 15) is 4.79 Å². The van der Waals surface area contributed by atoms with Crippen LogP contribution in [0.15, 0.2) is 10.5 Å². The van der Waals surface area contributed by atoms with Crippen LogP contribution < -0.4 is 0 Å². The van der Waals surface area contributed by atoms with Crippen LogP contribution in [-0.2, 0) is 7.05 Å². The minimum absolute atomic E-state index is 0.186. The zero-order valence-corrected chi connectivity index (χ0v) is 9.10. The lowest BCUT2D eigenvalue weighted by Gasteiger charge is -2.01. The van der Waals surface area contributed by atoms with Crippen LogP contribution >= 0.6 is 15.9 Å². The van der Waals surface area contributed by atoms with Crippen LogP contribution in [0.5, 0.6) is 0 Å². The van der Waals surface area contributed by atoms with Crippen molar-refractivity contribution in [3.8, 4) is 0 Å². The molecule has 0 radical (unpaired) electrons. The number of carbonyl (C=O) groups excluding carboxylic acids is 1. The molecule has 3 heteroatoms. The molecule has 1 heterocycles. The lowest BCUT2D eigenvalue weighted by Crippen LogP contribution is -2.04. The molecule has 0 aliphatic rings. The van der Waals surface area contributed by atoms with Gasteiger partial charge in [0.05, 0.1) is 5.69 Å². The largest absolute Gasteiger partial charge is 0.344 e. The van der Waals surface area contributed by atoms with Gasteiger partial charge in [0, 0.05) is 23.6 Å². The molecular formula is C9H12BrNO. The average Bonchev–Trinajstić information content (AvgIpc) is 2.32. The molecule has 0 saturated carbocycles. The normalized spacial score (nSPS) is 10.3. The second-order valence-corrected chi connectivity index (χ2v) is 3.65. The number of hydrogen-bond acceptors (Lipinski definition) is 1. The Balaban J connectivity index is 3.17. The van der Waals surface area contributed by atoms with Gasteiger partial charge in [-0.2, -0.15) is 0 Å². The van der Waals surface area contributed by atoms with Gasteiger partial charge < -0.3 is 4.57 Å². The lowest BCUT2D eigenvalue weighted by molar-refractivity contribution is 0.0980. The summed E-state index contributed by atoms with van der Waals surface area (Å²) in [6.07, 6.45) is 0.559. The van der Waals surface area contributed by atoms with E-state index in [4.69, 9.17) is 0 Å². The van der Waals surface area contributed by atoms with E-state index in [0.29, 0.717) is 6.42 Å². The third-order valence-corrected chi connectivity index (χ3v) is 2.88. The average molecular weight is 230 g/mol. The predicted octanol–water partition coefficient (Wildman–Crippen LogP) is 2.69. The molecule has 66 valence electrons. The molecule has 0 fully saturated rings. The molecule has 0 atom stereocenters. The van der Waals surface area contributed by atoms with E-state index in [1.165, 1.54) is 0 Å². The van der Waals surface area contributed by atoms with Crippen molar-refractivity contribution in [3.05, 3.63) is 21.9 Å². The standard InChI is InChI=1S/C9H12BrNO/c1-4-9(12)8-5-7(10)6(2)11(8)3/h5H,4H2,1-3H3. The van der Waals surface area contributed by atoms with Gasteiger partial charge >= 0.3 is 0 Å². The van der Waals surface area contributed by atoms with E-state index < -0.39 is 0 Å². The number of hydrogen-bond donors (Lipinski definition) is 0. The van der Waals surface area contributed by atoms with Crippen molar-refractivity contribution in [2.45, 2.75) is 20.3 Å². The number of Topliss-reactive ketones (excluding diaryl/α,β-unsaturated/α-hetero) is 1. The number of halogens is 1. The fraction of sp³-hybridized carbons (Fsp3) is 0.444. The summed E-state index contributed by atoms with van der Waals surface area (Å²) in [5.41, 5.74) is 1.87. The molecule has 1 rings (SSSR count). The molecule has 0 bridgehead atoms. The highest BCUT2D eigenvalue weighted by atomic mass is 79.9. The van der Waals surface area contributed by atoms with E-state index in [1.54, 1.807) is 0 Å². The van der Waals surface area contributed by atoms with Gasteiger partial charge in [-0.05, 0) is 28.9 Å². The quantitative estimate of drug-likeness (QED) is 0.716. The van der Waals surface area contributed by atoms with Gasteiger partial charge in [-0.3, -0.25) is 4.79 Å². The molecule has 0 aliphatic carbocycles. The van der Waals surface area contributed by atoms with Crippen molar-refractivity contribution in [1.29, 1.82) is 0 Å². The number of rotatable bonds is 2. The third-order valence-electron chi connectivity index (χ3n) is 2.08. The summed E-state index contributed by atoms with van der Waals surface area (Å²) in [6, 6.07) is 1.88. The van der Waals surface area contributed by atoms with Gasteiger partial charge in [0.1, 0.15) is 0 Å². The van der Waals surface area contributed by atoms with Gasteiger partial charge in [-0.15, -0.1) is 0 Å². The molecule has 1 aromatic heterocycles. The Morgan fingerprint density at radius 1 is 1.67 bits per heavy atom. The Labute approximate surface area is 80.7 Å². The second kappa shape index (κ2) is 3.44. The van der Waals surface area contributed by atoms with E-state index in [0.717, 1.165) is 15.9 Å². The predicted molar refractivity (Wildman–Crippen MR) is 52.5 cm³/mol.